The van der Waals surface area contributed by atoms with Crippen LogP contribution in [0.15, 0.2) is 30.3 Å². The van der Waals surface area contributed by atoms with Crippen molar-refractivity contribution in [2.24, 2.45) is 5.73 Å². The van der Waals surface area contributed by atoms with Crippen molar-refractivity contribution in [2.75, 3.05) is 6.61 Å². The molecule has 0 radical (unpaired) electrons. The van der Waals surface area contributed by atoms with Gasteiger partial charge in [0.2, 0.25) is 0 Å². The average Bonchev–Trinajstić information content (AvgIpc) is 2.52. The molecule has 1 aromatic carbocycles. The Morgan fingerprint density at radius 2 is 1.77 bits per heavy atom. The number of aliphatic hydroxyl groups is 4. The van der Waals surface area contributed by atoms with Crippen LogP contribution in [0.25, 0.3) is 0 Å². The van der Waals surface area contributed by atoms with Crippen LogP contribution in [0.4, 0.5) is 0 Å². The van der Waals surface area contributed by atoms with Gasteiger partial charge in [0, 0.05) is 6.04 Å². The molecule has 0 aliphatic carbocycles. The van der Waals surface area contributed by atoms with Crippen LogP contribution in [0.2, 0.25) is 0 Å². The molecule has 1 aliphatic rings. The lowest BCUT2D eigenvalue weighted by Crippen LogP contribution is -2.59. The van der Waals surface area contributed by atoms with E-state index in [-0.39, 0.29) is 0 Å². The maximum absolute atomic E-state index is 10.0. The molecule has 2 rings (SSSR count). The highest BCUT2D eigenvalue weighted by Crippen LogP contribution is 2.28. The molecule has 6 N–H and O–H groups in total. The highest BCUT2D eigenvalue weighted by molar-refractivity contribution is 5.19. The first-order valence-electron chi connectivity index (χ1n) is 7.22. The molecule has 1 saturated heterocycles. The summed E-state index contributed by atoms with van der Waals surface area (Å²) in [5, 5.41) is 38.8. The smallest absolute Gasteiger partial charge is 0.187 e. The van der Waals surface area contributed by atoms with Crippen LogP contribution in [0.1, 0.15) is 18.6 Å². The molecular formula is C15H23NO6. The summed E-state index contributed by atoms with van der Waals surface area (Å²) in [5.41, 5.74) is 6.74. The van der Waals surface area contributed by atoms with Crippen LogP contribution in [0.3, 0.4) is 0 Å². The molecule has 0 aromatic heterocycles. The van der Waals surface area contributed by atoms with Gasteiger partial charge in [0.15, 0.2) is 6.29 Å². The lowest BCUT2D eigenvalue weighted by molar-refractivity contribution is -0.313. The van der Waals surface area contributed by atoms with E-state index in [9.17, 15) is 20.4 Å². The van der Waals surface area contributed by atoms with E-state index in [0.29, 0.717) is 0 Å². The van der Waals surface area contributed by atoms with Gasteiger partial charge >= 0.3 is 0 Å². The number of hydrogen-bond donors (Lipinski definition) is 5. The van der Waals surface area contributed by atoms with Crippen molar-refractivity contribution >= 4 is 0 Å². The van der Waals surface area contributed by atoms with E-state index in [1.165, 1.54) is 0 Å². The van der Waals surface area contributed by atoms with Crippen molar-refractivity contribution in [3.63, 3.8) is 0 Å². The number of ether oxygens (including phenoxy) is 2. The van der Waals surface area contributed by atoms with Gasteiger partial charge in [-0.15, -0.1) is 0 Å². The first-order valence-corrected chi connectivity index (χ1v) is 7.22. The summed E-state index contributed by atoms with van der Waals surface area (Å²) in [4.78, 5) is 0. The molecule has 7 atom stereocenters. The van der Waals surface area contributed by atoms with Crippen LogP contribution in [-0.4, -0.2) is 63.8 Å². The first kappa shape index (κ1) is 17.3. The number of nitrogens with two attached hydrogens (primary N) is 1. The van der Waals surface area contributed by atoms with Gasteiger partial charge in [-0.25, -0.2) is 0 Å². The van der Waals surface area contributed by atoms with Crippen molar-refractivity contribution in [1.82, 2.24) is 0 Å². The van der Waals surface area contributed by atoms with Gasteiger partial charge in [-0.1, -0.05) is 30.3 Å². The van der Waals surface area contributed by atoms with E-state index in [0.717, 1.165) is 5.56 Å². The predicted octanol–water partition coefficient (Wildman–Crippen LogP) is -1.11. The van der Waals surface area contributed by atoms with Crippen molar-refractivity contribution in [1.29, 1.82) is 0 Å². The monoisotopic (exact) mass is 313 g/mol. The van der Waals surface area contributed by atoms with Gasteiger partial charge in [-0.3, -0.25) is 0 Å². The van der Waals surface area contributed by atoms with E-state index in [1.807, 2.05) is 30.3 Å². The first-order chi connectivity index (χ1) is 10.5. The Balaban J connectivity index is 2.15. The summed E-state index contributed by atoms with van der Waals surface area (Å²) in [6.07, 6.45) is -7.10. The number of benzene rings is 1. The molecule has 6 unspecified atom stereocenters. The molecule has 1 heterocycles. The van der Waals surface area contributed by atoms with Gasteiger partial charge in [0.05, 0.1) is 6.61 Å². The highest BCUT2D eigenvalue weighted by Gasteiger charge is 2.45. The molecule has 22 heavy (non-hydrogen) atoms. The summed E-state index contributed by atoms with van der Waals surface area (Å²) in [5.74, 6) is 0. The topological polar surface area (TPSA) is 125 Å². The van der Waals surface area contributed by atoms with Crippen LogP contribution >= 0.6 is 0 Å². The molecule has 0 bridgehead atoms. The summed E-state index contributed by atoms with van der Waals surface area (Å²) < 4.78 is 11.1. The molecule has 0 spiro atoms. The Kier molecular flexibility index (Phi) is 5.87. The Hall–Kier alpha value is -1.06. The fraction of sp³-hybridized carbons (Fsp3) is 0.600. The Morgan fingerprint density at radius 1 is 1.14 bits per heavy atom. The van der Waals surface area contributed by atoms with E-state index in [1.54, 1.807) is 6.92 Å². The number of aliphatic hydroxyl groups excluding tert-OH is 4. The Labute approximate surface area is 128 Å². The predicted molar refractivity (Wildman–Crippen MR) is 77.7 cm³/mol. The lowest BCUT2D eigenvalue weighted by Gasteiger charge is -2.41. The third-order valence-corrected chi connectivity index (χ3v) is 3.73. The zero-order valence-corrected chi connectivity index (χ0v) is 12.3. The van der Waals surface area contributed by atoms with Crippen LogP contribution < -0.4 is 5.73 Å². The number of hydrogen-bond acceptors (Lipinski definition) is 7. The van der Waals surface area contributed by atoms with E-state index in [4.69, 9.17) is 15.2 Å². The summed E-state index contributed by atoms with van der Waals surface area (Å²) in [6, 6.07) is 8.80. The average molecular weight is 313 g/mol. The fourth-order valence-corrected chi connectivity index (χ4v) is 2.47. The summed E-state index contributed by atoms with van der Waals surface area (Å²) in [7, 11) is 0. The van der Waals surface area contributed by atoms with Crippen LogP contribution in [-0.2, 0) is 9.47 Å². The maximum Gasteiger partial charge on any atom is 0.187 e. The third-order valence-electron chi connectivity index (χ3n) is 3.73. The zero-order valence-electron chi connectivity index (χ0n) is 12.3. The third kappa shape index (κ3) is 3.64. The largest absolute Gasteiger partial charge is 0.394 e. The summed E-state index contributed by atoms with van der Waals surface area (Å²) >= 11 is 0. The minimum Gasteiger partial charge on any atom is -0.394 e. The second kappa shape index (κ2) is 7.47. The normalized spacial score (nSPS) is 35.1. The fourth-order valence-electron chi connectivity index (χ4n) is 2.47. The van der Waals surface area contributed by atoms with E-state index in [2.05, 4.69) is 0 Å². The van der Waals surface area contributed by atoms with Gasteiger partial charge in [-0.05, 0) is 12.5 Å². The molecule has 1 aliphatic heterocycles. The summed E-state index contributed by atoms with van der Waals surface area (Å²) in [6.45, 7) is 1.25. The minimum atomic E-state index is -1.47. The van der Waals surface area contributed by atoms with Crippen LogP contribution in [0, 0.1) is 0 Å². The van der Waals surface area contributed by atoms with Gasteiger partial charge in [-0.2, -0.15) is 0 Å². The molecule has 0 amide bonds. The quantitative estimate of drug-likeness (QED) is 0.467. The standard InChI is InChI=1S/C15H23NO6/c1-8(16)14(9-5-3-2-4-6-9)22-15-13(20)12(19)11(18)10(7-17)21-15/h2-6,8,10-15,17-20H,7,16H2,1H3/t8?,10?,11?,12?,13-,14?,15?/m0/s1. The van der Waals surface area contributed by atoms with Gasteiger partial charge in [0.25, 0.3) is 0 Å². The SMILES string of the molecule is CC(N)C(OC1OC(CO)C(O)C(O)[C@@H]1O)c1ccccc1. The van der Waals surface area contributed by atoms with Crippen molar-refractivity contribution in [3.8, 4) is 0 Å². The van der Waals surface area contributed by atoms with Crippen molar-refractivity contribution in [2.45, 2.75) is 49.8 Å². The molecule has 1 fully saturated rings. The molecule has 124 valence electrons. The van der Waals surface area contributed by atoms with Crippen molar-refractivity contribution < 1.29 is 29.9 Å². The molecule has 7 heteroatoms. The second-order valence-corrected chi connectivity index (χ2v) is 5.52. The van der Waals surface area contributed by atoms with Gasteiger partial charge in [0.1, 0.15) is 30.5 Å². The Bertz CT molecular complexity index is 455. The van der Waals surface area contributed by atoms with E-state index >= 15 is 0 Å². The molecule has 1 aromatic rings. The van der Waals surface area contributed by atoms with Crippen molar-refractivity contribution in [3.05, 3.63) is 35.9 Å². The highest BCUT2D eigenvalue weighted by atomic mass is 16.7. The number of rotatable bonds is 5. The zero-order chi connectivity index (χ0) is 16.3. The van der Waals surface area contributed by atoms with Gasteiger partial charge < -0.3 is 35.6 Å². The maximum atomic E-state index is 10.0. The molecular weight excluding hydrogens is 290 g/mol. The van der Waals surface area contributed by atoms with Crippen LogP contribution in [0.5, 0.6) is 0 Å². The molecule has 0 saturated carbocycles. The minimum absolute atomic E-state index is 0.394. The second-order valence-electron chi connectivity index (χ2n) is 5.52. The molecule has 7 nitrogen and oxygen atoms in total. The lowest BCUT2D eigenvalue weighted by atomic mass is 9.98. The van der Waals surface area contributed by atoms with E-state index < -0.39 is 49.5 Å². The Morgan fingerprint density at radius 3 is 2.32 bits per heavy atom.